The van der Waals surface area contributed by atoms with Gasteiger partial charge in [-0.2, -0.15) is 0 Å². The summed E-state index contributed by atoms with van der Waals surface area (Å²) in [5.41, 5.74) is 2.00. The van der Waals surface area contributed by atoms with Crippen molar-refractivity contribution in [3.8, 4) is 0 Å². The molecular formula is C28H36FN5O4. The number of hydrogen-bond donors (Lipinski definition) is 2. The summed E-state index contributed by atoms with van der Waals surface area (Å²) in [6.07, 6.45) is 11.3. The molecule has 2 unspecified atom stereocenters. The van der Waals surface area contributed by atoms with Gasteiger partial charge in [-0.25, -0.2) is 14.2 Å². The molecule has 0 radical (unpaired) electrons. The molecule has 38 heavy (non-hydrogen) atoms. The van der Waals surface area contributed by atoms with Crippen molar-refractivity contribution in [2.75, 3.05) is 18.6 Å². The van der Waals surface area contributed by atoms with E-state index < -0.39 is 17.9 Å². The van der Waals surface area contributed by atoms with Crippen LogP contribution in [0.1, 0.15) is 92.1 Å². The Bertz CT molecular complexity index is 1280. The number of methoxy groups -OCH3 is 1. The molecule has 5 rings (SSSR count). The van der Waals surface area contributed by atoms with Crippen molar-refractivity contribution in [2.24, 2.45) is 5.92 Å². The number of anilines is 1. The number of benzene rings is 1. The Labute approximate surface area is 221 Å². The topological polar surface area (TPSA) is 113 Å². The number of rotatable bonds is 6. The largest absolute Gasteiger partial charge is 0.467 e. The van der Waals surface area contributed by atoms with Crippen LogP contribution < -0.4 is 10.2 Å². The van der Waals surface area contributed by atoms with E-state index in [1.807, 2.05) is 0 Å². The number of amides is 1. The molecular weight excluding hydrogens is 489 g/mol. The Balaban J connectivity index is 1.50. The Hall–Kier alpha value is -3.43. The van der Waals surface area contributed by atoms with Crippen LogP contribution >= 0.6 is 0 Å². The van der Waals surface area contributed by atoms with Crippen LogP contribution in [0.3, 0.4) is 0 Å². The molecule has 0 spiro atoms. The molecule has 2 N–H and O–H groups in total. The number of ether oxygens (including phenoxy) is 1. The van der Waals surface area contributed by atoms with Crippen LogP contribution in [-0.4, -0.2) is 46.7 Å². The molecule has 1 saturated heterocycles. The highest BCUT2D eigenvalue weighted by molar-refractivity contribution is 5.95. The standard InChI is InChI=1S/C28H36FN5O4/c1-17-19(16-38-33-17)27(35)32-24(18-10-6-4-3-5-7-11-18)26-30-20-13-14-21(23(29)25(20)31-26)34-15-9-8-12-22(34)28(36)37-2/h13-14,16,18,22,24H,3-12,15H2,1-2H3,(H,30,31)(H,32,35). The lowest BCUT2D eigenvalue weighted by molar-refractivity contribution is -0.142. The molecule has 3 aromatic rings. The molecule has 0 bridgehead atoms. The van der Waals surface area contributed by atoms with Gasteiger partial charge >= 0.3 is 5.97 Å². The summed E-state index contributed by atoms with van der Waals surface area (Å²) >= 11 is 0. The molecule has 3 heterocycles. The Morgan fingerprint density at radius 3 is 2.58 bits per heavy atom. The van der Waals surface area contributed by atoms with Gasteiger partial charge in [0.25, 0.3) is 5.91 Å². The molecule has 2 aromatic heterocycles. The van der Waals surface area contributed by atoms with Gasteiger partial charge in [-0.1, -0.05) is 37.3 Å². The van der Waals surface area contributed by atoms with Crippen molar-refractivity contribution in [3.63, 3.8) is 0 Å². The number of carbonyl (C=O) groups excluding carboxylic acids is 2. The lowest BCUT2D eigenvalue weighted by Crippen LogP contribution is -2.45. The van der Waals surface area contributed by atoms with Crippen LogP contribution in [0.4, 0.5) is 10.1 Å². The second kappa shape index (κ2) is 11.5. The fraction of sp³-hybridized carbons (Fsp3) is 0.571. The number of esters is 1. The zero-order chi connectivity index (χ0) is 26.6. The first-order valence-corrected chi connectivity index (χ1v) is 13.7. The summed E-state index contributed by atoms with van der Waals surface area (Å²) in [6.45, 7) is 2.29. The number of aryl methyl sites for hydroxylation is 1. The van der Waals surface area contributed by atoms with Gasteiger partial charge in [0.2, 0.25) is 0 Å². The molecule has 1 aliphatic heterocycles. The summed E-state index contributed by atoms with van der Waals surface area (Å²) in [5, 5.41) is 6.99. The predicted octanol–water partition coefficient (Wildman–Crippen LogP) is 5.36. The van der Waals surface area contributed by atoms with Gasteiger partial charge < -0.3 is 24.5 Å². The number of fused-ring (bicyclic) bond motifs is 1. The van der Waals surface area contributed by atoms with Crippen molar-refractivity contribution >= 4 is 28.6 Å². The number of piperidine rings is 1. The second-order valence-electron chi connectivity index (χ2n) is 10.5. The Morgan fingerprint density at radius 1 is 1.13 bits per heavy atom. The number of nitrogens with zero attached hydrogens (tertiary/aromatic N) is 3. The maximum absolute atomic E-state index is 16.0. The summed E-state index contributed by atoms with van der Waals surface area (Å²) in [6, 6.07) is 2.56. The summed E-state index contributed by atoms with van der Waals surface area (Å²) in [4.78, 5) is 35.4. The first kappa shape index (κ1) is 26.2. The van der Waals surface area contributed by atoms with Gasteiger partial charge in [-0.05, 0) is 57.1 Å². The fourth-order valence-corrected chi connectivity index (χ4v) is 5.98. The van der Waals surface area contributed by atoms with Crippen LogP contribution in [0, 0.1) is 18.7 Å². The molecule has 10 heteroatoms. The highest BCUT2D eigenvalue weighted by atomic mass is 19.1. The molecule has 9 nitrogen and oxygen atoms in total. The molecule has 2 fully saturated rings. The van der Waals surface area contributed by atoms with Gasteiger partial charge in [0, 0.05) is 6.54 Å². The average Bonchev–Trinajstić information content (AvgIpc) is 3.54. The van der Waals surface area contributed by atoms with Crippen LogP contribution in [0.2, 0.25) is 0 Å². The van der Waals surface area contributed by atoms with E-state index in [9.17, 15) is 9.59 Å². The van der Waals surface area contributed by atoms with Crippen molar-refractivity contribution in [1.82, 2.24) is 20.4 Å². The van der Waals surface area contributed by atoms with Crippen LogP contribution in [0.5, 0.6) is 0 Å². The molecule has 1 aromatic carbocycles. The SMILES string of the molecule is COC(=O)C1CCCCN1c1ccc2[nH]c(C(NC(=O)c3conc3C)C3CCCCCCC3)nc2c1F. The number of nitrogens with one attached hydrogen (secondary N) is 2. The Kier molecular flexibility index (Phi) is 7.95. The van der Waals surface area contributed by atoms with Crippen LogP contribution in [0.25, 0.3) is 11.0 Å². The van der Waals surface area contributed by atoms with Gasteiger partial charge in [0.15, 0.2) is 5.82 Å². The predicted molar refractivity (Wildman–Crippen MR) is 140 cm³/mol. The quantitative estimate of drug-likeness (QED) is 0.417. The minimum Gasteiger partial charge on any atom is -0.467 e. The van der Waals surface area contributed by atoms with E-state index in [-0.39, 0.29) is 23.3 Å². The van der Waals surface area contributed by atoms with Crippen molar-refractivity contribution in [2.45, 2.75) is 83.2 Å². The number of carbonyl (C=O) groups is 2. The minimum absolute atomic E-state index is 0.160. The number of halogens is 1. The number of hydrogen-bond acceptors (Lipinski definition) is 7. The Morgan fingerprint density at radius 2 is 1.87 bits per heavy atom. The van der Waals surface area contributed by atoms with Crippen LogP contribution in [0.15, 0.2) is 22.9 Å². The van der Waals surface area contributed by atoms with Gasteiger partial charge in [-0.15, -0.1) is 0 Å². The molecule has 1 saturated carbocycles. The third-order valence-corrected chi connectivity index (χ3v) is 8.07. The average molecular weight is 526 g/mol. The number of imidazole rings is 1. The van der Waals surface area contributed by atoms with E-state index in [2.05, 4.69) is 15.5 Å². The summed E-state index contributed by atoms with van der Waals surface area (Å²) in [5.74, 6) is -0.423. The smallest absolute Gasteiger partial charge is 0.328 e. The lowest BCUT2D eigenvalue weighted by Gasteiger charge is -2.35. The van der Waals surface area contributed by atoms with E-state index in [0.717, 1.165) is 51.4 Å². The first-order chi connectivity index (χ1) is 18.5. The maximum Gasteiger partial charge on any atom is 0.328 e. The molecule has 1 amide bonds. The van der Waals surface area contributed by atoms with Crippen molar-refractivity contribution in [3.05, 3.63) is 41.3 Å². The summed E-state index contributed by atoms with van der Waals surface area (Å²) < 4.78 is 26.0. The highest BCUT2D eigenvalue weighted by Crippen LogP contribution is 2.36. The van der Waals surface area contributed by atoms with Crippen LogP contribution in [-0.2, 0) is 9.53 Å². The zero-order valence-corrected chi connectivity index (χ0v) is 22.1. The van der Waals surface area contributed by atoms with Crippen molar-refractivity contribution in [1.29, 1.82) is 0 Å². The number of H-pyrrole nitrogens is 1. The van der Waals surface area contributed by atoms with E-state index in [4.69, 9.17) is 14.2 Å². The van der Waals surface area contributed by atoms with E-state index in [0.29, 0.717) is 41.3 Å². The zero-order valence-electron chi connectivity index (χ0n) is 22.1. The molecule has 2 atom stereocenters. The maximum atomic E-state index is 16.0. The van der Waals surface area contributed by atoms with Gasteiger partial charge in [0.05, 0.1) is 30.0 Å². The minimum atomic E-state index is -0.520. The van der Waals surface area contributed by atoms with Crippen molar-refractivity contribution < 1.29 is 23.2 Å². The lowest BCUT2D eigenvalue weighted by atomic mass is 9.85. The second-order valence-corrected chi connectivity index (χ2v) is 10.5. The third-order valence-electron chi connectivity index (χ3n) is 8.07. The van der Waals surface area contributed by atoms with Gasteiger partial charge in [0.1, 0.15) is 29.2 Å². The van der Waals surface area contributed by atoms with E-state index >= 15 is 4.39 Å². The van der Waals surface area contributed by atoms with E-state index in [1.165, 1.54) is 19.8 Å². The molecule has 1 aliphatic carbocycles. The van der Waals surface area contributed by atoms with E-state index in [1.54, 1.807) is 24.0 Å². The number of aromatic amines is 1. The molecule has 2 aliphatic rings. The third kappa shape index (κ3) is 5.26. The molecule has 204 valence electrons. The normalized spacial score (nSPS) is 20.1. The number of aromatic nitrogens is 3. The summed E-state index contributed by atoms with van der Waals surface area (Å²) in [7, 11) is 1.36. The monoisotopic (exact) mass is 525 g/mol. The highest BCUT2D eigenvalue weighted by Gasteiger charge is 2.33. The fourth-order valence-electron chi connectivity index (χ4n) is 5.98. The first-order valence-electron chi connectivity index (χ1n) is 13.7. The van der Waals surface area contributed by atoms with Gasteiger partial charge in [-0.3, -0.25) is 4.79 Å².